The van der Waals surface area contributed by atoms with E-state index >= 15 is 0 Å². The fourth-order valence-electron chi connectivity index (χ4n) is 6.43. The third-order valence-corrected chi connectivity index (χ3v) is 10.9. The summed E-state index contributed by atoms with van der Waals surface area (Å²) in [5, 5.41) is 3.56. The third-order valence-electron chi connectivity index (χ3n) is 8.24. The number of esters is 1. The molecule has 1 fully saturated rings. The van der Waals surface area contributed by atoms with E-state index in [2.05, 4.69) is 34.5 Å². The number of benzene rings is 1. The smallest absolute Gasteiger partial charge is 0.341 e. The van der Waals surface area contributed by atoms with E-state index in [1.54, 1.807) is 6.07 Å². The lowest BCUT2D eigenvalue weighted by Crippen LogP contribution is -2.48. The summed E-state index contributed by atoms with van der Waals surface area (Å²) >= 11 is 8.58. The van der Waals surface area contributed by atoms with Crippen LogP contribution in [0, 0.1) is 5.92 Å². The van der Waals surface area contributed by atoms with Crippen molar-refractivity contribution in [2.45, 2.75) is 44.1 Å². The van der Waals surface area contributed by atoms with Crippen LogP contribution in [0.3, 0.4) is 0 Å². The number of amides is 1. The lowest BCUT2D eigenvalue weighted by molar-refractivity contribution is -0.113. The number of ether oxygens (including phenoxy) is 1. The van der Waals surface area contributed by atoms with Crippen LogP contribution in [-0.4, -0.2) is 51.6 Å². The number of nitrogens with one attached hydrogen (secondary N) is 1. The standard InChI is InChI=1S/C30H31N3O4S3/c1-37-29(36)27-22-11-10-20(19-6-3-2-4-7-19)13-24(22)40-28(27)31-25(34)17-39-30(38)32-14-18-12-21(16-32)23-8-5-9-26(35)33(23)15-18/h2-9,18,20-21H,10-17H2,1H3,(H,31,34)/t18-,20+,21-/m1/s1. The third kappa shape index (κ3) is 5.36. The molecule has 1 amide bonds. The van der Waals surface area contributed by atoms with Gasteiger partial charge in [0.2, 0.25) is 5.91 Å². The van der Waals surface area contributed by atoms with Crippen molar-refractivity contribution in [3.8, 4) is 0 Å². The van der Waals surface area contributed by atoms with E-state index in [0.29, 0.717) is 33.3 Å². The molecular formula is C30H31N3O4S3. The van der Waals surface area contributed by atoms with Gasteiger partial charge < -0.3 is 19.5 Å². The number of likely N-dealkylation sites (tertiary alicyclic amines) is 1. The molecule has 3 aromatic rings. The molecule has 2 aliphatic heterocycles. The Morgan fingerprint density at radius 1 is 1.10 bits per heavy atom. The molecule has 208 valence electrons. The van der Waals surface area contributed by atoms with E-state index < -0.39 is 5.97 Å². The number of carbonyl (C=O) groups is 2. The maximum atomic E-state index is 13.1. The zero-order chi connectivity index (χ0) is 27.8. The first kappa shape index (κ1) is 27.2. The predicted molar refractivity (Wildman–Crippen MR) is 164 cm³/mol. The number of hydrogen-bond acceptors (Lipinski definition) is 7. The zero-order valence-electron chi connectivity index (χ0n) is 22.3. The van der Waals surface area contributed by atoms with E-state index in [0.717, 1.165) is 54.9 Å². The van der Waals surface area contributed by atoms with Crippen LogP contribution >= 0.6 is 35.3 Å². The zero-order valence-corrected chi connectivity index (χ0v) is 24.7. The van der Waals surface area contributed by atoms with Crippen molar-refractivity contribution in [1.82, 2.24) is 9.47 Å². The Hall–Kier alpha value is -2.95. The molecule has 4 heterocycles. The summed E-state index contributed by atoms with van der Waals surface area (Å²) in [5.74, 6) is 0.575. The number of piperidine rings is 1. The van der Waals surface area contributed by atoms with E-state index in [9.17, 15) is 14.4 Å². The quantitative estimate of drug-likeness (QED) is 0.328. The Kier molecular flexibility index (Phi) is 7.83. The second kappa shape index (κ2) is 11.5. The molecule has 6 rings (SSSR count). The molecular weight excluding hydrogens is 563 g/mol. The highest BCUT2D eigenvalue weighted by Gasteiger charge is 2.36. The van der Waals surface area contributed by atoms with Crippen molar-refractivity contribution >= 4 is 56.5 Å². The first-order chi connectivity index (χ1) is 19.4. The van der Waals surface area contributed by atoms with Gasteiger partial charge in [-0.1, -0.05) is 60.4 Å². The molecule has 1 aromatic carbocycles. The number of nitrogens with zero attached hydrogens (tertiary/aromatic N) is 2. The normalized spacial score (nSPS) is 21.2. The van der Waals surface area contributed by atoms with Crippen LogP contribution < -0.4 is 10.9 Å². The minimum absolute atomic E-state index is 0.0615. The van der Waals surface area contributed by atoms with E-state index in [1.807, 2.05) is 22.8 Å². The highest BCUT2D eigenvalue weighted by atomic mass is 32.2. The molecule has 7 nitrogen and oxygen atoms in total. The topological polar surface area (TPSA) is 80.6 Å². The maximum absolute atomic E-state index is 13.1. The van der Waals surface area contributed by atoms with Gasteiger partial charge in [0.25, 0.3) is 5.56 Å². The van der Waals surface area contributed by atoms with Crippen molar-refractivity contribution in [1.29, 1.82) is 0 Å². The number of anilines is 1. The van der Waals surface area contributed by atoms with E-state index in [4.69, 9.17) is 17.0 Å². The monoisotopic (exact) mass is 593 g/mol. The summed E-state index contributed by atoms with van der Waals surface area (Å²) in [6.07, 6.45) is 3.62. The van der Waals surface area contributed by atoms with Crippen molar-refractivity contribution < 1.29 is 14.3 Å². The van der Waals surface area contributed by atoms with Crippen molar-refractivity contribution in [2.24, 2.45) is 5.92 Å². The molecule has 10 heteroatoms. The minimum atomic E-state index is -0.409. The fraction of sp³-hybridized carbons (Fsp3) is 0.400. The van der Waals surface area contributed by atoms with Gasteiger partial charge in [-0.25, -0.2) is 4.79 Å². The molecule has 0 spiro atoms. The highest BCUT2D eigenvalue weighted by Crippen LogP contribution is 2.43. The van der Waals surface area contributed by atoms with Crippen LogP contribution in [0.1, 0.15) is 56.7 Å². The number of thiocarbonyl (C=S) groups is 1. The number of hydrogen-bond donors (Lipinski definition) is 1. The van der Waals surface area contributed by atoms with Crippen LogP contribution in [0.2, 0.25) is 0 Å². The van der Waals surface area contributed by atoms with E-state index in [1.165, 1.54) is 35.8 Å². The number of carbonyl (C=O) groups excluding carboxylic acids is 2. The van der Waals surface area contributed by atoms with Gasteiger partial charge >= 0.3 is 5.97 Å². The lowest BCUT2D eigenvalue weighted by Gasteiger charge is -2.43. The summed E-state index contributed by atoms with van der Waals surface area (Å²) < 4.78 is 7.70. The first-order valence-corrected chi connectivity index (χ1v) is 15.8. The SMILES string of the molecule is COC(=O)c1c(NC(=O)CSC(=S)N2C[C@H]3C[C@H](C2)c2cccc(=O)n2C3)sc2c1CC[C@H](c1ccccc1)C2. The van der Waals surface area contributed by atoms with Crippen molar-refractivity contribution in [3.05, 3.63) is 86.1 Å². The molecule has 0 saturated carbocycles. The molecule has 2 bridgehead atoms. The van der Waals surface area contributed by atoms with E-state index in [-0.39, 0.29) is 23.1 Å². The highest BCUT2D eigenvalue weighted by molar-refractivity contribution is 8.23. The van der Waals surface area contributed by atoms with Gasteiger partial charge in [-0.15, -0.1) is 11.3 Å². The maximum Gasteiger partial charge on any atom is 0.341 e. The number of pyridine rings is 1. The molecule has 40 heavy (non-hydrogen) atoms. The Morgan fingerprint density at radius 2 is 1.93 bits per heavy atom. The lowest BCUT2D eigenvalue weighted by atomic mass is 9.83. The van der Waals surface area contributed by atoms with Crippen molar-refractivity contribution in [3.63, 3.8) is 0 Å². The fourth-order valence-corrected chi connectivity index (χ4v) is 8.74. The molecule has 2 aromatic heterocycles. The number of thioether (sulfide) groups is 1. The van der Waals surface area contributed by atoms with Gasteiger partial charge in [-0.05, 0) is 54.7 Å². The molecule has 0 unspecified atom stereocenters. The van der Waals surface area contributed by atoms with Gasteiger partial charge in [-0.3, -0.25) is 9.59 Å². The number of rotatable bonds is 5. The Bertz CT molecular complexity index is 1520. The number of aromatic nitrogens is 1. The Balaban J connectivity index is 1.11. The first-order valence-electron chi connectivity index (χ1n) is 13.6. The molecule has 1 aliphatic carbocycles. The summed E-state index contributed by atoms with van der Waals surface area (Å²) in [6, 6.07) is 15.9. The van der Waals surface area contributed by atoms with Gasteiger partial charge in [0.05, 0.1) is 18.4 Å². The average molecular weight is 594 g/mol. The summed E-state index contributed by atoms with van der Waals surface area (Å²) in [6.45, 7) is 2.25. The van der Waals surface area contributed by atoms with Gasteiger partial charge in [0, 0.05) is 42.2 Å². The summed E-state index contributed by atoms with van der Waals surface area (Å²) in [5.41, 5.74) is 3.93. The van der Waals surface area contributed by atoms with Gasteiger partial charge in [0.15, 0.2) is 0 Å². The second-order valence-electron chi connectivity index (χ2n) is 10.8. The number of fused-ring (bicyclic) bond motifs is 5. The Morgan fingerprint density at radius 3 is 2.73 bits per heavy atom. The number of thiophene rings is 1. The largest absolute Gasteiger partial charge is 0.465 e. The molecule has 0 radical (unpaired) electrons. The Labute approximate surface area is 246 Å². The van der Waals surface area contributed by atoms with Crippen LogP contribution in [0.25, 0.3) is 0 Å². The van der Waals surface area contributed by atoms with Crippen molar-refractivity contribution in [2.75, 3.05) is 31.3 Å². The van der Waals surface area contributed by atoms with Gasteiger partial charge in [-0.2, -0.15) is 0 Å². The van der Waals surface area contributed by atoms with Crippen LogP contribution in [-0.2, 0) is 28.9 Å². The summed E-state index contributed by atoms with van der Waals surface area (Å²) in [4.78, 5) is 41.5. The second-order valence-corrected chi connectivity index (χ2v) is 13.5. The molecule has 3 atom stereocenters. The van der Waals surface area contributed by atoms with Gasteiger partial charge in [0.1, 0.15) is 9.32 Å². The minimum Gasteiger partial charge on any atom is -0.465 e. The predicted octanol–water partition coefficient (Wildman–Crippen LogP) is 5.04. The average Bonchev–Trinajstić information content (AvgIpc) is 3.33. The van der Waals surface area contributed by atoms with Crippen LogP contribution in [0.4, 0.5) is 5.00 Å². The van der Waals surface area contributed by atoms with Crippen LogP contribution in [0.5, 0.6) is 0 Å². The summed E-state index contributed by atoms with van der Waals surface area (Å²) in [7, 11) is 1.38. The molecule has 1 N–H and O–H groups in total. The number of methoxy groups -OCH3 is 1. The molecule has 3 aliphatic rings. The molecule has 1 saturated heterocycles. The van der Waals surface area contributed by atoms with Crippen LogP contribution in [0.15, 0.2) is 53.3 Å².